The van der Waals surface area contributed by atoms with E-state index in [9.17, 15) is 29.7 Å². The summed E-state index contributed by atoms with van der Waals surface area (Å²) in [5.41, 5.74) is -2.88. The molecule has 37 heavy (non-hydrogen) atoms. The van der Waals surface area contributed by atoms with Crippen LogP contribution in [0.15, 0.2) is 11.1 Å². The van der Waals surface area contributed by atoms with Gasteiger partial charge in [0.1, 0.15) is 23.2 Å². The minimum absolute atomic E-state index is 0.0312. The fourth-order valence-electron chi connectivity index (χ4n) is 6.76. The lowest BCUT2D eigenvalue weighted by atomic mass is 9.63. The van der Waals surface area contributed by atoms with Gasteiger partial charge in [0.25, 0.3) is 0 Å². The van der Waals surface area contributed by atoms with Crippen LogP contribution in [-0.4, -0.2) is 75.8 Å². The van der Waals surface area contributed by atoms with Crippen molar-refractivity contribution in [2.75, 3.05) is 6.61 Å². The molecule has 11 heteroatoms. The molecule has 7 atom stereocenters. The van der Waals surface area contributed by atoms with Gasteiger partial charge in [-0.2, -0.15) is 0 Å². The van der Waals surface area contributed by atoms with Crippen LogP contribution in [0.25, 0.3) is 0 Å². The molecule has 2 aliphatic carbocycles. The van der Waals surface area contributed by atoms with Crippen LogP contribution in [0.3, 0.4) is 0 Å². The highest BCUT2D eigenvalue weighted by molar-refractivity contribution is 6.30. The number of fused-ring (bicyclic) bond motifs is 6. The number of rotatable bonds is 2. The highest BCUT2D eigenvalue weighted by Gasteiger charge is 2.63. The maximum absolute atomic E-state index is 14.0. The molecule has 8 rings (SSSR count). The minimum Gasteiger partial charge on any atom is -0.507 e. The zero-order chi connectivity index (χ0) is 25.8. The number of carbonyl (C=O) groups is 3. The highest BCUT2D eigenvalue weighted by atomic mass is 16.7. The quantitative estimate of drug-likeness (QED) is 0.388. The first-order valence-electron chi connectivity index (χ1n) is 12.6. The average Bonchev–Trinajstić information content (AvgIpc) is 3.26. The number of ether oxygens (including phenoxy) is 5. The number of carbonyl (C=O) groups excluding carboxylic acids is 3. The lowest BCUT2D eigenvalue weighted by Gasteiger charge is -2.54. The molecule has 0 radical (unpaired) electrons. The zero-order valence-corrected chi connectivity index (χ0v) is 20.0. The Hall–Kier alpha value is -2.83. The molecule has 0 amide bonds. The van der Waals surface area contributed by atoms with Crippen molar-refractivity contribution in [1.82, 2.24) is 0 Å². The van der Waals surface area contributed by atoms with Crippen LogP contribution in [0, 0.1) is 0 Å². The Morgan fingerprint density at radius 1 is 1.03 bits per heavy atom. The molecule has 1 aromatic rings. The van der Waals surface area contributed by atoms with Crippen molar-refractivity contribution in [2.45, 2.75) is 88.0 Å². The van der Waals surface area contributed by atoms with Crippen LogP contribution in [0.5, 0.6) is 11.5 Å². The summed E-state index contributed by atoms with van der Waals surface area (Å²) in [6.45, 7) is 1.94. The third-order valence-electron chi connectivity index (χ3n) is 8.56. The van der Waals surface area contributed by atoms with Crippen molar-refractivity contribution < 1.29 is 53.4 Å². The molecule has 3 saturated heterocycles. The van der Waals surface area contributed by atoms with Crippen molar-refractivity contribution in [3.8, 4) is 11.5 Å². The Morgan fingerprint density at radius 3 is 2.57 bits per heavy atom. The summed E-state index contributed by atoms with van der Waals surface area (Å²) in [6, 6.07) is 0. The number of phenolic OH excluding ortho intramolecular Hbond substituents is 2. The Labute approximate surface area is 210 Å². The van der Waals surface area contributed by atoms with Gasteiger partial charge < -0.3 is 39.0 Å². The van der Waals surface area contributed by atoms with Crippen LogP contribution in [0.2, 0.25) is 0 Å². The number of Topliss-reactive ketones (excluding diaryl/α,β-unsaturated/α-hetero) is 2. The van der Waals surface area contributed by atoms with Crippen LogP contribution < -0.4 is 0 Å². The number of esters is 1. The lowest BCUT2D eigenvalue weighted by Crippen LogP contribution is -2.67. The fraction of sp³-hybridized carbons (Fsp3) is 0.577. The number of hydrogen-bond donors (Lipinski definition) is 3. The maximum atomic E-state index is 14.0. The predicted molar refractivity (Wildman–Crippen MR) is 120 cm³/mol. The molecule has 0 aromatic heterocycles. The van der Waals surface area contributed by atoms with Gasteiger partial charge in [-0.25, -0.2) is 0 Å². The Morgan fingerprint density at radius 2 is 1.81 bits per heavy atom. The van der Waals surface area contributed by atoms with E-state index in [1.54, 1.807) is 6.92 Å². The Bertz CT molecular complexity index is 1290. The first kappa shape index (κ1) is 23.3. The summed E-state index contributed by atoms with van der Waals surface area (Å²) < 4.78 is 28.7. The van der Waals surface area contributed by atoms with Crippen molar-refractivity contribution in [1.29, 1.82) is 0 Å². The SMILES string of the molecule is CC1OC2CC(OC3CCCCO3)C1(O)C1=C2C(=O)c2c(O)c3c(c(O)c2C1=O)COC1CC(=O)OC31. The van der Waals surface area contributed by atoms with Gasteiger partial charge in [-0.15, -0.1) is 0 Å². The van der Waals surface area contributed by atoms with E-state index in [4.69, 9.17) is 23.7 Å². The highest BCUT2D eigenvalue weighted by Crippen LogP contribution is 2.56. The largest absolute Gasteiger partial charge is 0.507 e. The first-order valence-corrected chi connectivity index (χ1v) is 12.6. The molecule has 3 N–H and O–H groups in total. The normalized spacial score (nSPS) is 38.2. The number of ketones is 2. The Balaban J connectivity index is 1.36. The van der Waals surface area contributed by atoms with Crippen molar-refractivity contribution >= 4 is 17.5 Å². The van der Waals surface area contributed by atoms with Crippen LogP contribution in [0.4, 0.5) is 0 Å². The van der Waals surface area contributed by atoms with E-state index in [0.717, 1.165) is 12.8 Å². The molecule has 5 aliphatic heterocycles. The molecule has 5 heterocycles. The average molecular weight is 514 g/mol. The summed E-state index contributed by atoms with van der Waals surface area (Å²) >= 11 is 0. The van der Waals surface area contributed by atoms with Crippen molar-refractivity contribution in [2.24, 2.45) is 0 Å². The molecule has 2 bridgehead atoms. The third-order valence-corrected chi connectivity index (χ3v) is 8.56. The van der Waals surface area contributed by atoms with Crippen molar-refractivity contribution in [3.05, 3.63) is 33.4 Å². The lowest BCUT2D eigenvalue weighted by molar-refractivity contribution is -0.273. The number of phenols is 2. The monoisotopic (exact) mass is 514 g/mol. The smallest absolute Gasteiger partial charge is 0.309 e. The molecule has 196 valence electrons. The topological polar surface area (TPSA) is 158 Å². The van der Waals surface area contributed by atoms with E-state index >= 15 is 0 Å². The van der Waals surface area contributed by atoms with Gasteiger partial charge in [0.05, 0.1) is 42.5 Å². The number of aliphatic hydroxyl groups is 1. The van der Waals surface area contributed by atoms with Gasteiger partial charge >= 0.3 is 5.97 Å². The zero-order valence-electron chi connectivity index (χ0n) is 20.0. The fourth-order valence-corrected chi connectivity index (χ4v) is 6.76. The van der Waals surface area contributed by atoms with Gasteiger partial charge in [-0.05, 0) is 26.2 Å². The molecule has 1 aromatic carbocycles. The van der Waals surface area contributed by atoms with Crippen molar-refractivity contribution in [3.63, 3.8) is 0 Å². The number of aromatic hydroxyl groups is 2. The summed E-state index contributed by atoms with van der Waals surface area (Å²) in [5.74, 6) is -3.12. The molecule has 0 spiro atoms. The predicted octanol–water partition coefficient (Wildman–Crippen LogP) is 1.49. The molecule has 0 saturated carbocycles. The van der Waals surface area contributed by atoms with Gasteiger partial charge in [-0.1, -0.05) is 0 Å². The second-order valence-electron chi connectivity index (χ2n) is 10.5. The third kappa shape index (κ3) is 2.97. The van der Waals surface area contributed by atoms with Gasteiger partial charge in [0.15, 0.2) is 24.0 Å². The van der Waals surface area contributed by atoms with E-state index in [1.165, 1.54) is 0 Å². The van der Waals surface area contributed by atoms with E-state index < -0.39 is 77.0 Å². The molecule has 3 fully saturated rings. The van der Waals surface area contributed by atoms with E-state index in [-0.39, 0.29) is 47.3 Å². The number of benzene rings is 1. The van der Waals surface area contributed by atoms with Crippen LogP contribution in [-0.2, 0) is 35.1 Å². The van der Waals surface area contributed by atoms with Gasteiger partial charge in [0.2, 0.25) is 0 Å². The van der Waals surface area contributed by atoms with Gasteiger partial charge in [-0.3, -0.25) is 14.4 Å². The first-order chi connectivity index (χ1) is 17.7. The summed E-state index contributed by atoms with van der Waals surface area (Å²) in [5, 5.41) is 34.5. The Kier molecular flexibility index (Phi) is 4.94. The molecular formula is C26H26O11. The second kappa shape index (κ2) is 7.84. The number of hydrogen-bond acceptors (Lipinski definition) is 11. The minimum atomic E-state index is -1.98. The standard InChI is InChI=1S/C26H26O11/c1-9-26(32)13(36-15-4-2-3-5-33-15)6-11(35-9)17-20(26)24(31)18-19(23(17)30)22(29)16-10(21(18)28)8-34-12-7-14(27)37-25(12)16/h9,11-13,15,25,28-29,32H,2-8H2,1H3. The molecule has 11 nitrogen and oxygen atoms in total. The van der Waals surface area contributed by atoms with Gasteiger partial charge in [0, 0.05) is 35.3 Å². The second-order valence-corrected chi connectivity index (χ2v) is 10.5. The summed E-state index contributed by atoms with van der Waals surface area (Å²) in [7, 11) is 0. The summed E-state index contributed by atoms with van der Waals surface area (Å²) in [4.78, 5) is 39.8. The van der Waals surface area contributed by atoms with E-state index in [0.29, 0.717) is 13.0 Å². The van der Waals surface area contributed by atoms with E-state index in [2.05, 4.69) is 0 Å². The van der Waals surface area contributed by atoms with Crippen LogP contribution >= 0.6 is 0 Å². The van der Waals surface area contributed by atoms with Crippen LogP contribution in [0.1, 0.15) is 77.0 Å². The maximum Gasteiger partial charge on any atom is 0.309 e. The molecular weight excluding hydrogens is 488 g/mol. The van der Waals surface area contributed by atoms with E-state index in [1.807, 2.05) is 0 Å². The molecule has 7 unspecified atom stereocenters. The summed E-state index contributed by atoms with van der Waals surface area (Å²) in [6.07, 6.45) is -2.33. The molecule has 7 aliphatic rings.